The number of aryl methyl sites for hydroxylation is 1. The average molecular weight is 370 g/mol. The van der Waals surface area contributed by atoms with Crippen LogP contribution in [0.2, 0.25) is 0 Å². The van der Waals surface area contributed by atoms with E-state index < -0.39 is 0 Å². The Kier molecular flexibility index (Phi) is 6.50. The van der Waals surface area contributed by atoms with E-state index in [1.807, 2.05) is 29.9 Å². The minimum absolute atomic E-state index is 0.0393. The van der Waals surface area contributed by atoms with Gasteiger partial charge < -0.3 is 14.6 Å². The Morgan fingerprint density at radius 3 is 2.81 bits per heavy atom. The van der Waals surface area contributed by atoms with E-state index in [-0.39, 0.29) is 5.91 Å². The normalized spacial score (nSPS) is 18.9. The van der Waals surface area contributed by atoms with E-state index >= 15 is 0 Å². The van der Waals surface area contributed by atoms with E-state index in [9.17, 15) is 4.79 Å². The van der Waals surface area contributed by atoms with Crippen LogP contribution in [-0.4, -0.2) is 46.0 Å². The molecule has 1 N–H and O–H groups in total. The number of hydrogen-bond donors (Lipinski definition) is 1. The largest absolute Gasteiger partial charge is 0.486 e. The Morgan fingerprint density at radius 1 is 1.37 bits per heavy atom. The van der Waals surface area contributed by atoms with E-state index in [0.29, 0.717) is 24.8 Å². The molecule has 2 aromatic rings. The van der Waals surface area contributed by atoms with Gasteiger partial charge in [-0.15, -0.1) is 0 Å². The number of likely N-dealkylation sites (tertiary alicyclic amines) is 1. The predicted octanol–water partition coefficient (Wildman–Crippen LogP) is 2.85. The summed E-state index contributed by atoms with van der Waals surface area (Å²) in [5.41, 5.74) is 0.651. The summed E-state index contributed by atoms with van der Waals surface area (Å²) in [5.74, 6) is 2.29. The Hall–Kier alpha value is -2.34. The van der Waals surface area contributed by atoms with Gasteiger partial charge in [-0.05, 0) is 56.5 Å². The van der Waals surface area contributed by atoms with Gasteiger partial charge in [0, 0.05) is 44.1 Å². The van der Waals surface area contributed by atoms with Gasteiger partial charge >= 0.3 is 0 Å². The summed E-state index contributed by atoms with van der Waals surface area (Å²) in [6, 6.07) is 7.62. The van der Waals surface area contributed by atoms with Gasteiger partial charge in [-0.2, -0.15) is 0 Å². The number of imidazole rings is 1. The molecule has 1 aliphatic heterocycles. The van der Waals surface area contributed by atoms with Crippen LogP contribution in [0.25, 0.3) is 0 Å². The highest BCUT2D eigenvalue weighted by Gasteiger charge is 2.21. The third-order valence-corrected chi connectivity index (χ3v) is 5.28. The molecule has 0 bridgehead atoms. The van der Waals surface area contributed by atoms with E-state index in [0.717, 1.165) is 30.6 Å². The summed E-state index contributed by atoms with van der Waals surface area (Å²) in [6.07, 6.45) is 6.19. The molecule has 1 fully saturated rings. The first kappa shape index (κ1) is 19.4. The fourth-order valence-corrected chi connectivity index (χ4v) is 3.48. The lowest BCUT2D eigenvalue weighted by Gasteiger charge is -2.35. The molecule has 2 heterocycles. The number of piperidine rings is 1. The smallest absolute Gasteiger partial charge is 0.251 e. The third kappa shape index (κ3) is 5.32. The molecule has 1 aliphatic rings. The second-order valence-corrected chi connectivity index (χ2v) is 7.57. The van der Waals surface area contributed by atoms with Crippen molar-refractivity contribution in [2.24, 2.45) is 13.0 Å². The molecule has 1 aromatic carbocycles. The SMILES string of the molecule is C[C@H]1CCCN([C@H](C)CNC(=O)c2ccc(OCc3nccn3C)cc2)C1. The number of carbonyl (C=O) groups excluding carboxylic acids is 1. The molecule has 2 atom stereocenters. The van der Waals surface area contributed by atoms with Gasteiger partial charge in [0.15, 0.2) is 0 Å². The molecule has 6 heteroatoms. The molecule has 1 aromatic heterocycles. The Morgan fingerprint density at radius 2 is 2.15 bits per heavy atom. The lowest BCUT2D eigenvalue weighted by atomic mass is 9.99. The summed E-state index contributed by atoms with van der Waals surface area (Å²) in [6.45, 7) is 7.81. The monoisotopic (exact) mass is 370 g/mol. The van der Waals surface area contributed by atoms with Gasteiger partial charge in [-0.3, -0.25) is 9.69 Å². The van der Waals surface area contributed by atoms with Crippen LogP contribution in [-0.2, 0) is 13.7 Å². The van der Waals surface area contributed by atoms with Crippen LogP contribution >= 0.6 is 0 Å². The number of carbonyl (C=O) groups is 1. The Labute approximate surface area is 161 Å². The van der Waals surface area contributed by atoms with Crippen molar-refractivity contribution >= 4 is 5.91 Å². The van der Waals surface area contributed by atoms with Crippen LogP contribution < -0.4 is 10.1 Å². The number of nitrogens with zero attached hydrogens (tertiary/aromatic N) is 3. The third-order valence-electron chi connectivity index (χ3n) is 5.28. The number of aromatic nitrogens is 2. The molecular formula is C21H30N4O2. The lowest BCUT2D eigenvalue weighted by Crippen LogP contribution is -2.46. The second-order valence-electron chi connectivity index (χ2n) is 7.57. The van der Waals surface area contributed by atoms with Gasteiger partial charge in [-0.25, -0.2) is 4.98 Å². The molecule has 3 rings (SSSR count). The second kappa shape index (κ2) is 9.04. The summed E-state index contributed by atoms with van der Waals surface area (Å²) in [4.78, 5) is 19.1. The van der Waals surface area contributed by atoms with Crippen LogP contribution in [0.15, 0.2) is 36.7 Å². The maximum atomic E-state index is 12.4. The van der Waals surface area contributed by atoms with Crippen molar-refractivity contribution in [2.75, 3.05) is 19.6 Å². The summed E-state index contributed by atoms with van der Waals surface area (Å²) in [5, 5.41) is 3.06. The minimum Gasteiger partial charge on any atom is -0.486 e. The van der Waals surface area contributed by atoms with Crippen molar-refractivity contribution in [3.8, 4) is 5.75 Å². The topological polar surface area (TPSA) is 59.4 Å². The molecule has 0 radical (unpaired) electrons. The maximum absolute atomic E-state index is 12.4. The molecule has 27 heavy (non-hydrogen) atoms. The van der Waals surface area contributed by atoms with E-state index in [1.165, 1.54) is 12.8 Å². The van der Waals surface area contributed by atoms with Crippen LogP contribution in [0.1, 0.15) is 42.9 Å². The number of ether oxygens (including phenoxy) is 1. The number of amides is 1. The molecule has 0 spiro atoms. The first-order valence-corrected chi connectivity index (χ1v) is 9.74. The van der Waals surface area contributed by atoms with Crippen molar-refractivity contribution in [2.45, 2.75) is 39.3 Å². The van der Waals surface area contributed by atoms with Gasteiger partial charge in [0.2, 0.25) is 0 Å². The fraction of sp³-hybridized carbons (Fsp3) is 0.524. The minimum atomic E-state index is -0.0393. The molecule has 1 amide bonds. The Balaban J connectivity index is 1.46. The van der Waals surface area contributed by atoms with E-state index in [1.54, 1.807) is 18.3 Å². The first-order chi connectivity index (χ1) is 13.0. The van der Waals surface area contributed by atoms with Crippen molar-refractivity contribution in [1.29, 1.82) is 0 Å². The first-order valence-electron chi connectivity index (χ1n) is 9.74. The van der Waals surface area contributed by atoms with Crippen LogP contribution in [0.3, 0.4) is 0 Å². The highest BCUT2D eigenvalue weighted by Crippen LogP contribution is 2.17. The quantitative estimate of drug-likeness (QED) is 0.814. The van der Waals surface area contributed by atoms with Gasteiger partial charge in [0.05, 0.1) is 0 Å². The molecule has 0 unspecified atom stereocenters. The zero-order valence-electron chi connectivity index (χ0n) is 16.5. The van der Waals surface area contributed by atoms with Gasteiger partial charge in [0.1, 0.15) is 18.2 Å². The zero-order valence-corrected chi connectivity index (χ0v) is 16.5. The fourth-order valence-electron chi connectivity index (χ4n) is 3.48. The molecule has 0 aliphatic carbocycles. The zero-order chi connectivity index (χ0) is 19.2. The van der Waals surface area contributed by atoms with Crippen molar-refractivity contribution in [3.05, 3.63) is 48.0 Å². The molecular weight excluding hydrogens is 340 g/mol. The number of rotatable bonds is 7. The van der Waals surface area contributed by atoms with Crippen molar-refractivity contribution < 1.29 is 9.53 Å². The summed E-state index contributed by atoms with van der Waals surface area (Å²) in [7, 11) is 1.94. The molecule has 0 saturated carbocycles. The van der Waals surface area contributed by atoms with Crippen LogP contribution in [0.4, 0.5) is 0 Å². The lowest BCUT2D eigenvalue weighted by molar-refractivity contribution is 0.0917. The van der Waals surface area contributed by atoms with Crippen molar-refractivity contribution in [3.63, 3.8) is 0 Å². The van der Waals surface area contributed by atoms with E-state index in [4.69, 9.17) is 4.74 Å². The molecule has 146 valence electrons. The van der Waals surface area contributed by atoms with Crippen LogP contribution in [0.5, 0.6) is 5.75 Å². The summed E-state index contributed by atoms with van der Waals surface area (Å²) < 4.78 is 7.65. The number of hydrogen-bond acceptors (Lipinski definition) is 4. The van der Waals surface area contributed by atoms with Crippen molar-refractivity contribution in [1.82, 2.24) is 19.8 Å². The maximum Gasteiger partial charge on any atom is 0.251 e. The highest BCUT2D eigenvalue weighted by atomic mass is 16.5. The van der Waals surface area contributed by atoms with Crippen LogP contribution in [0, 0.1) is 5.92 Å². The average Bonchev–Trinajstić information content (AvgIpc) is 3.09. The van der Waals surface area contributed by atoms with E-state index in [2.05, 4.69) is 29.0 Å². The predicted molar refractivity (Wildman–Crippen MR) is 106 cm³/mol. The standard InChI is InChI=1S/C21H30N4O2/c1-16-5-4-11-25(14-16)17(2)13-23-21(26)18-6-8-19(9-7-18)27-15-20-22-10-12-24(20)3/h6-10,12,16-17H,4-5,11,13-15H2,1-3H3,(H,23,26)/t16-,17+/m0/s1. The van der Waals surface area contributed by atoms with Gasteiger partial charge in [0.25, 0.3) is 5.91 Å². The number of benzene rings is 1. The molecule has 1 saturated heterocycles. The summed E-state index contributed by atoms with van der Waals surface area (Å²) >= 11 is 0. The van der Waals surface area contributed by atoms with Gasteiger partial charge in [-0.1, -0.05) is 6.92 Å². The number of nitrogens with one attached hydrogen (secondary N) is 1. The molecule has 6 nitrogen and oxygen atoms in total. The highest BCUT2D eigenvalue weighted by molar-refractivity contribution is 5.94. The Bertz CT molecular complexity index is 741.